The largest absolute Gasteiger partial charge is 0.592 e. The zero-order valence-electron chi connectivity index (χ0n) is 6.04. The third kappa shape index (κ3) is 1.57. The molecule has 1 N–H and O–H groups in total. The normalized spacial score (nSPS) is 11.2. The van der Waals surface area contributed by atoms with E-state index in [1.54, 1.807) is 6.07 Å². The van der Waals surface area contributed by atoms with Gasteiger partial charge in [0.05, 0.1) is 0 Å². The van der Waals surface area contributed by atoms with Crippen molar-refractivity contribution in [3.63, 3.8) is 0 Å². The maximum absolute atomic E-state index is 10.7. The Morgan fingerprint density at radius 2 is 2.33 bits per heavy atom. The Kier molecular flexibility index (Phi) is 2.37. The molecule has 0 aliphatic heterocycles. The lowest BCUT2D eigenvalue weighted by atomic mass is 10.2. The SMILES string of the molecule is O=Cc1cccc([N+]([O-])=NO)c1. The molecule has 0 saturated carbocycles. The van der Waals surface area contributed by atoms with Crippen molar-refractivity contribution in [2.75, 3.05) is 0 Å². The second kappa shape index (κ2) is 3.47. The van der Waals surface area contributed by atoms with Gasteiger partial charge in [0, 0.05) is 17.7 Å². The molecular weight excluding hydrogens is 160 g/mol. The summed E-state index contributed by atoms with van der Waals surface area (Å²) in [5.74, 6) is 0. The Labute approximate surface area is 68.1 Å². The number of hydrogen-bond acceptors (Lipinski definition) is 3. The summed E-state index contributed by atoms with van der Waals surface area (Å²) in [4.78, 5) is 10.3. The fourth-order valence-corrected chi connectivity index (χ4v) is 0.769. The van der Waals surface area contributed by atoms with Crippen LogP contribution < -0.4 is 0 Å². The lowest BCUT2D eigenvalue weighted by molar-refractivity contribution is -0.473. The number of benzene rings is 1. The van der Waals surface area contributed by atoms with Crippen LogP contribution in [-0.4, -0.2) is 16.4 Å². The molecule has 0 bridgehead atoms. The molecule has 0 radical (unpaired) electrons. The predicted octanol–water partition coefficient (Wildman–Crippen LogP) is 1.48. The number of rotatable bonds is 2. The maximum atomic E-state index is 10.7. The zero-order chi connectivity index (χ0) is 8.97. The Balaban J connectivity index is 3.10. The minimum absolute atomic E-state index is 0.0208. The standard InChI is InChI=1S/C7H6N2O3/c10-5-6-2-1-3-7(4-6)9(12)8-11/h1-5,11H. The van der Waals surface area contributed by atoms with Gasteiger partial charge in [-0.05, 0) is 4.86 Å². The van der Waals surface area contributed by atoms with Gasteiger partial charge < -0.3 is 10.4 Å². The Morgan fingerprint density at radius 3 is 2.92 bits per heavy atom. The predicted molar refractivity (Wildman–Crippen MR) is 39.3 cm³/mol. The summed E-state index contributed by atoms with van der Waals surface area (Å²) in [6.07, 6.45) is 0.606. The van der Waals surface area contributed by atoms with Crippen molar-refractivity contribution < 1.29 is 14.9 Å². The van der Waals surface area contributed by atoms with Crippen LogP contribution in [0.1, 0.15) is 10.4 Å². The van der Waals surface area contributed by atoms with E-state index in [1.165, 1.54) is 18.2 Å². The highest BCUT2D eigenvalue weighted by atomic mass is 16.6. The van der Waals surface area contributed by atoms with Gasteiger partial charge in [0.25, 0.3) is 0 Å². The topological polar surface area (TPSA) is 75.7 Å². The van der Waals surface area contributed by atoms with Crippen LogP contribution in [0, 0.1) is 5.21 Å². The fourth-order valence-electron chi connectivity index (χ4n) is 0.769. The van der Waals surface area contributed by atoms with E-state index in [1.807, 2.05) is 0 Å². The smallest absolute Gasteiger partial charge is 0.248 e. The molecule has 1 aromatic carbocycles. The molecule has 0 fully saturated rings. The maximum Gasteiger partial charge on any atom is 0.248 e. The van der Waals surface area contributed by atoms with E-state index in [-0.39, 0.29) is 10.5 Å². The van der Waals surface area contributed by atoms with Gasteiger partial charge in [-0.1, -0.05) is 12.1 Å². The molecule has 1 aromatic rings. The van der Waals surface area contributed by atoms with E-state index in [0.717, 1.165) is 0 Å². The highest BCUT2D eigenvalue weighted by Crippen LogP contribution is 2.11. The third-order valence-electron chi connectivity index (χ3n) is 1.31. The van der Waals surface area contributed by atoms with Crippen molar-refractivity contribution in [2.45, 2.75) is 0 Å². The van der Waals surface area contributed by atoms with Crippen LogP contribution in [-0.2, 0) is 0 Å². The molecule has 0 aliphatic carbocycles. The van der Waals surface area contributed by atoms with Crippen molar-refractivity contribution in [3.05, 3.63) is 35.0 Å². The summed E-state index contributed by atoms with van der Waals surface area (Å²) in [6.45, 7) is 0. The molecule has 5 nitrogen and oxygen atoms in total. The number of carbonyl (C=O) groups is 1. The van der Waals surface area contributed by atoms with Crippen LogP contribution in [0.2, 0.25) is 0 Å². The Hall–Kier alpha value is -1.91. The summed E-state index contributed by atoms with van der Waals surface area (Å²) in [5, 5.41) is 21.2. The summed E-state index contributed by atoms with van der Waals surface area (Å²) in [7, 11) is 0. The first kappa shape index (κ1) is 8.19. The van der Waals surface area contributed by atoms with Gasteiger partial charge in [-0.2, -0.15) is 0 Å². The van der Waals surface area contributed by atoms with Crippen LogP contribution in [0.3, 0.4) is 0 Å². The van der Waals surface area contributed by atoms with E-state index in [9.17, 15) is 10.0 Å². The molecule has 0 aromatic heterocycles. The van der Waals surface area contributed by atoms with Crippen molar-refractivity contribution in [1.82, 2.24) is 0 Å². The number of carbonyl (C=O) groups excluding carboxylic acids is 1. The molecule has 62 valence electrons. The summed E-state index contributed by atoms with van der Waals surface area (Å²) >= 11 is 0. The second-order valence-corrected chi connectivity index (χ2v) is 2.08. The van der Waals surface area contributed by atoms with E-state index >= 15 is 0 Å². The first-order chi connectivity index (χ1) is 5.77. The summed E-state index contributed by atoms with van der Waals surface area (Å²) < 4.78 is 0. The first-order valence-corrected chi connectivity index (χ1v) is 3.15. The van der Waals surface area contributed by atoms with Gasteiger partial charge in [0.15, 0.2) is 0 Å². The van der Waals surface area contributed by atoms with Gasteiger partial charge in [-0.15, -0.1) is 0 Å². The van der Waals surface area contributed by atoms with Crippen molar-refractivity contribution in [2.24, 2.45) is 5.28 Å². The van der Waals surface area contributed by atoms with Crippen LogP contribution in [0.4, 0.5) is 5.69 Å². The quantitative estimate of drug-likeness (QED) is 0.313. The van der Waals surface area contributed by atoms with Gasteiger partial charge in [0.1, 0.15) is 6.29 Å². The van der Waals surface area contributed by atoms with Gasteiger partial charge in [-0.25, -0.2) is 0 Å². The van der Waals surface area contributed by atoms with E-state index < -0.39 is 0 Å². The number of hydrogen-bond donors (Lipinski definition) is 1. The molecule has 0 unspecified atom stereocenters. The van der Waals surface area contributed by atoms with Crippen LogP contribution in [0.25, 0.3) is 0 Å². The Morgan fingerprint density at radius 1 is 1.58 bits per heavy atom. The van der Waals surface area contributed by atoms with Gasteiger partial charge in [0.2, 0.25) is 11.0 Å². The molecule has 12 heavy (non-hydrogen) atoms. The van der Waals surface area contributed by atoms with E-state index in [2.05, 4.69) is 5.28 Å². The van der Waals surface area contributed by atoms with Gasteiger partial charge >= 0.3 is 0 Å². The van der Waals surface area contributed by atoms with Crippen LogP contribution >= 0.6 is 0 Å². The van der Waals surface area contributed by atoms with Crippen LogP contribution in [0.15, 0.2) is 29.5 Å². The molecule has 0 atom stereocenters. The summed E-state index contributed by atoms with van der Waals surface area (Å²) in [6, 6.07) is 5.82. The monoisotopic (exact) mass is 166 g/mol. The highest BCUT2D eigenvalue weighted by Gasteiger charge is 2.03. The molecular formula is C7H6N2O3. The van der Waals surface area contributed by atoms with Crippen molar-refractivity contribution in [1.29, 1.82) is 0 Å². The molecule has 1 rings (SSSR count). The Bertz CT molecular complexity index is 322. The van der Waals surface area contributed by atoms with E-state index in [0.29, 0.717) is 11.8 Å². The third-order valence-corrected chi connectivity index (χ3v) is 1.31. The minimum atomic E-state index is 0.0208. The van der Waals surface area contributed by atoms with E-state index in [4.69, 9.17) is 5.21 Å². The average molecular weight is 166 g/mol. The van der Waals surface area contributed by atoms with Gasteiger partial charge in [-0.3, -0.25) is 4.79 Å². The molecule has 0 saturated heterocycles. The molecule has 0 aliphatic rings. The average Bonchev–Trinajstić information content (AvgIpc) is 2.17. The molecule has 0 heterocycles. The van der Waals surface area contributed by atoms with Crippen molar-refractivity contribution >= 4 is 12.0 Å². The molecule has 5 heteroatoms. The fraction of sp³-hybridized carbons (Fsp3) is 0. The lowest BCUT2D eigenvalue weighted by Gasteiger charge is -1.95. The molecule has 0 amide bonds. The first-order valence-electron chi connectivity index (χ1n) is 3.15. The lowest BCUT2D eigenvalue weighted by Crippen LogP contribution is -1.91. The van der Waals surface area contributed by atoms with Crippen LogP contribution in [0.5, 0.6) is 0 Å². The highest BCUT2D eigenvalue weighted by molar-refractivity contribution is 5.75. The van der Waals surface area contributed by atoms with Crippen molar-refractivity contribution in [3.8, 4) is 0 Å². The minimum Gasteiger partial charge on any atom is -0.592 e. The number of aldehydes is 1. The molecule has 0 spiro atoms. The zero-order valence-corrected chi connectivity index (χ0v) is 6.04. The number of nitrogens with zero attached hydrogens (tertiary/aromatic N) is 2. The summed E-state index contributed by atoms with van der Waals surface area (Å²) in [5.41, 5.74) is 0.471. The second-order valence-electron chi connectivity index (χ2n) is 2.08.